The number of nitrogens with two attached hydrogens (primary N) is 1. The molecular weight excluding hydrogens is 170 g/mol. The van der Waals surface area contributed by atoms with Crippen molar-refractivity contribution in [1.82, 2.24) is 0 Å². The van der Waals surface area contributed by atoms with Gasteiger partial charge in [0.2, 0.25) is 0 Å². The zero-order valence-electron chi connectivity index (χ0n) is 10.3. The van der Waals surface area contributed by atoms with Crippen LogP contribution in [0.1, 0.15) is 59.8 Å². The smallest absolute Gasteiger partial charge is 0.0159 e. The lowest BCUT2D eigenvalue weighted by molar-refractivity contribution is 0.162. The predicted octanol–water partition coefficient (Wildman–Crippen LogP) is 3.58. The fourth-order valence-electron chi connectivity index (χ4n) is 3.01. The van der Waals surface area contributed by atoms with Gasteiger partial charge in [0.05, 0.1) is 0 Å². The topological polar surface area (TPSA) is 26.0 Å². The summed E-state index contributed by atoms with van der Waals surface area (Å²) in [6, 6.07) is 0. The first-order valence-corrected chi connectivity index (χ1v) is 6.22. The molecule has 2 N–H and O–H groups in total. The van der Waals surface area contributed by atoms with Gasteiger partial charge in [-0.05, 0) is 37.0 Å². The molecule has 84 valence electrons. The molecule has 0 aromatic heterocycles. The number of rotatable bonds is 3. The Morgan fingerprint density at radius 1 is 1.29 bits per heavy atom. The minimum absolute atomic E-state index is 0.154. The molecule has 0 saturated heterocycles. The molecule has 1 fully saturated rings. The van der Waals surface area contributed by atoms with Crippen molar-refractivity contribution in [2.75, 3.05) is 0 Å². The van der Waals surface area contributed by atoms with E-state index in [1.165, 1.54) is 32.1 Å². The van der Waals surface area contributed by atoms with Gasteiger partial charge in [-0.3, -0.25) is 0 Å². The molecule has 0 heterocycles. The molecule has 1 heteroatoms. The van der Waals surface area contributed by atoms with Crippen molar-refractivity contribution in [1.29, 1.82) is 0 Å². The molecule has 0 aromatic carbocycles. The predicted molar refractivity (Wildman–Crippen MR) is 63.2 cm³/mol. The van der Waals surface area contributed by atoms with Crippen LogP contribution in [0.5, 0.6) is 0 Å². The molecule has 0 radical (unpaired) electrons. The van der Waals surface area contributed by atoms with Crippen molar-refractivity contribution >= 4 is 0 Å². The van der Waals surface area contributed by atoms with E-state index in [-0.39, 0.29) is 5.54 Å². The molecule has 0 bridgehead atoms. The van der Waals surface area contributed by atoms with E-state index in [1.807, 2.05) is 0 Å². The summed E-state index contributed by atoms with van der Waals surface area (Å²) in [7, 11) is 0. The maximum atomic E-state index is 6.49. The van der Waals surface area contributed by atoms with Gasteiger partial charge in [0.25, 0.3) is 0 Å². The number of hydrogen-bond acceptors (Lipinski definition) is 1. The van der Waals surface area contributed by atoms with Crippen molar-refractivity contribution in [2.24, 2.45) is 23.5 Å². The van der Waals surface area contributed by atoms with Gasteiger partial charge < -0.3 is 5.73 Å². The van der Waals surface area contributed by atoms with Gasteiger partial charge in [-0.15, -0.1) is 0 Å². The zero-order valence-corrected chi connectivity index (χ0v) is 10.3. The minimum atomic E-state index is 0.154. The average Bonchev–Trinajstić information content (AvgIpc) is 2.01. The van der Waals surface area contributed by atoms with Crippen LogP contribution in [0.4, 0.5) is 0 Å². The summed E-state index contributed by atoms with van der Waals surface area (Å²) in [5, 5.41) is 0. The van der Waals surface area contributed by atoms with Crippen LogP contribution in [0.25, 0.3) is 0 Å². The maximum absolute atomic E-state index is 6.49. The molecule has 2 unspecified atom stereocenters. The van der Waals surface area contributed by atoms with Crippen molar-refractivity contribution in [3.05, 3.63) is 0 Å². The molecule has 1 rings (SSSR count). The average molecular weight is 197 g/mol. The van der Waals surface area contributed by atoms with Gasteiger partial charge in [-0.25, -0.2) is 0 Å². The van der Waals surface area contributed by atoms with Crippen molar-refractivity contribution < 1.29 is 0 Å². The van der Waals surface area contributed by atoms with Gasteiger partial charge >= 0.3 is 0 Å². The molecule has 2 atom stereocenters. The van der Waals surface area contributed by atoms with Crippen molar-refractivity contribution in [3.8, 4) is 0 Å². The third-order valence-corrected chi connectivity index (χ3v) is 3.68. The first-order valence-electron chi connectivity index (χ1n) is 6.22. The molecular formula is C13H27N. The normalized spacial score (nSPS) is 34.1. The Labute approximate surface area is 89.5 Å². The first-order chi connectivity index (χ1) is 6.43. The van der Waals surface area contributed by atoms with E-state index in [4.69, 9.17) is 5.73 Å². The van der Waals surface area contributed by atoms with Gasteiger partial charge in [-0.2, -0.15) is 0 Å². The summed E-state index contributed by atoms with van der Waals surface area (Å²) >= 11 is 0. The van der Waals surface area contributed by atoms with Gasteiger partial charge in [0.1, 0.15) is 0 Å². The lowest BCUT2D eigenvalue weighted by atomic mass is 9.69. The molecule has 0 amide bonds. The summed E-state index contributed by atoms with van der Waals surface area (Å²) < 4.78 is 0. The lowest BCUT2D eigenvalue weighted by Gasteiger charge is -2.40. The molecule has 1 aliphatic carbocycles. The Kier molecular flexibility index (Phi) is 4.00. The summed E-state index contributed by atoms with van der Waals surface area (Å²) in [6.45, 7) is 9.25. The van der Waals surface area contributed by atoms with E-state index in [1.54, 1.807) is 0 Å². The standard InChI is InChI=1S/C13H27N/c1-10(2)8-13(14)7-5-6-12(9-13)11(3)4/h10-12H,5-9,14H2,1-4H3. The largest absolute Gasteiger partial charge is 0.325 e. The highest BCUT2D eigenvalue weighted by Gasteiger charge is 2.34. The van der Waals surface area contributed by atoms with Gasteiger partial charge in [0.15, 0.2) is 0 Å². The van der Waals surface area contributed by atoms with Crippen molar-refractivity contribution in [3.63, 3.8) is 0 Å². The Morgan fingerprint density at radius 2 is 1.93 bits per heavy atom. The Morgan fingerprint density at radius 3 is 2.43 bits per heavy atom. The van der Waals surface area contributed by atoms with E-state index >= 15 is 0 Å². The molecule has 1 nitrogen and oxygen atoms in total. The summed E-state index contributed by atoms with van der Waals surface area (Å²) in [5.41, 5.74) is 6.64. The lowest BCUT2D eigenvalue weighted by Crippen LogP contribution is -2.46. The molecule has 0 aliphatic heterocycles. The fraction of sp³-hybridized carbons (Fsp3) is 1.00. The van der Waals surface area contributed by atoms with Crippen LogP contribution in [0.15, 0.2) is 0 Å². The van der Waals surface area contributed by atoms with Crippen LogP contribution in [0, 0.1) is 17.8 Å². The van der Waals surface area contributed by atoms with Gasteiger partial charge in [-0.1, -0.05) is 40.5 Å². The second-order valence-corrected chi connectivity index (χ2v) is 6.06. The quantitative estimate of drug-likeness (QED) is 0.735. The van der Waals surface area contributed by atoms with Gasteiger partial charge in [0, 0.05) is 5.54 Å². The molecule has 0 spiro atoms. The maximum Gasteiger partial charge on any atom is 0.0159 e. The summed E-state index contributed by atoms with van der Waals surface area (Å²) in [5.74, 6) is 2.42. The molecule has 1 aliphatic rings. The highest BCUT2D eigenvalue weighted by molar-refractivity contribution is 4.91. The van der Waals surface area contributed by atoms with Crippen LogP contribution in [0.3, 0.4) is 0 Å². The van der Waals surface area contributed by atoms with Crippen LogP contribution in [0.2, 0.25) is 0 Å². The van der Waals surface area contributed by atoms with Crippen LogP contribution < -0.4 is 5.73 Å². The molecule has 14 heavy (non-hydrogen) atoms. The monoisotopic (exact) mass is 197 g/mol. The SMILES string of the molecule is CC(C)CC1(N)CCCC(C(C)C)C1. The first kappa shape index (κ1) is 12.0. The minimum Gasteiger partial charge on any atom is -0.325 e. The summed E-state index contributed by atoms with van der Waals surface area (Å²) in [4.78, 5) is 0. The Bertz CT molecular complexity index is 174. The highest BCUT2D eigenvalue weighted by atomic mass is 14.7. The summed E-state index contributed by atoms with van der Waals surface area (Å²) in [6.07, 6.45) is 6.44. The Balaban J connectivity index is 2.53. The third kappa shape index (κ3) is 3.27. The fourth-order valence-corrected chi connectivity index (χ4v) is 3.01. The highest BCUT2D eigenvalue weighted by Crippen LogP contribution is 2.37. The zero-order chi connectivity index (χ0) is 10.8. The Hall–Kier alpha value is -0.0400. The van der Waals surface area contributed by atoms with E-state index in [2.05, 4.69) is 27.7 Å². The third-order valence-electron chi connectivity index (χ3n) is 3.68. The van der Waals surface area contributed by atoms with E-state index < -0.39 is 0 Å². The number of hydrogen-bond donors (Lipinski definition) is 1. The molecule has 0 aromatic rings. The second kappa shape index (κ2) is 4.65. The van der Waals surface area contributed by atoms with Crippen LogP contribution in [-0.2, 0) is 0 Å². The second-order valence-electron chi connectivity index (χ2n) is 6.06. The van der Waals surface area contributed by atoms with Crippen LogP contribution >= 0.6 is 0 Å². The van der Waals surface area contributed by atoms with E-state index in [0.717, 1.165) is 17.8 Å². The molecule has 1 saturated carbocycles. The van der Waals surface area contributed by atoms with Crippen molar-refractivity contribution in [2.45, 2.75) is 65.3 Å². The van der Waals surface area contributed by atoms with E-state index in [9.17, 15) is 0 Å². The van der Waals surface area contributed by atoms with E-state index in [0.29, 0.717) is 0 Å². The van der Waals surface area contributed by atoms with Crippen LogP contribution in [-0.4, -0.2) is 5.54 Å².